The lowest BCUT2D eigenvalue weighted by atomic mass is 9.96. The second kappa shape index (κ2) is 8.58. The molecule has 3 aromatic rings. The zero-order valence-electron chi connectivity index (χ0n) is 16.4. The Bertz CT molecular complexity index is 1050. The lowest BCUT2D eigenvalue weighted by Crippen LogP contribution is -2.41. The summed E-state index contributed by atoms with van der Waals surface area (Å²) in [7, 11) is 0. The van der Waals surface area contributed by atoms with E-state index < -0.39 is 4.92 Å². The molecule has 0 saturated carbocycles. The zero-order valence-corrected chi connectivity index (χ0v) is 17.3. The van der Waals surface area contributed by atoms with Crippen molar-refractivity contribution in [2.45, 2.75) is 19.8 Å². The van der Waals surface area contributed by atoms with E-state index in [1.165, 1.54) is 6.07 Å². The summed E-state index contributed by atoms with van der Waals surface area (Å²) >= 11 is 1.61. The molecule has 4 rings (SSSR count). The number of aromatic nitrogens is 2. The highest BCUT2D eigenvalue weighted by molar-refractivity contribution is 7.13. The first-order chi connectivity index (χ1) is 14.5. The van der Waals surface area contributed by atoms with E-state index in [0.29, 0.717) is 12.1 Å². The molecule has 1 unspecified atom stereocenters. The Balaban J connectivity index is 1.47. The van der Waals surface area contributed by atoms with E-state index in [9.17, 15) is 14.9 Å². The number of carbonyl (C=O) groups excluding carboxylic acids is 1. The van der Waals surface area contributed by atoms with Crippen LogP contribution < -0.4 is 10.2 Å². The number of hydrogen-bond donors (Lipinski definition) is 1. The van der Waals surface area contributed by atoms with E-state index >= 15 is 0 Å². The summed E-state index contributed by atoms with van der Waals surface area (Å²) < 4.78 is 0. The van der Waals surface area contributed by atoms with Crippen LogP contribution in [0.5, 0.6) is 0 Å². The number of nitro groups is 1. The van der Waals surface area contributed by atoms with Gasteiger partial charge in [0.2, 0.25) is 5.91 Å². The summed E-state index contributed by atoms with van der Waals surface area (Å²) in [5.74, 6) is 0.242. The number of hydrogen-bond acceptors (Lipinski definition) is 7. The van der Waals surface area contributed by atoms with Gasteiger partial charge in [-0.25, -0.2) is 0 Å². The molecule has 0 aliphatic carbocycles. The molecule has 2 aromatic heterocycles. The third-order valence-electron chi connectivity index (χ3n) is 5.24. The number of nitro benzene ring substituents is 1. The van der Waals surface area contributed by atoms with Crippen LogP contribution in [0, 0.1) is 23.0 Å². The van der Waals surface area contributed by atoms with E-state index in [0.717, 1.165) is 35.8 Å². The number of nitrogens with zero attached hydrogens (tertiary/aromatic N) is 4. The van der Waals surface area contributed by atoms with Crippen LogP contribution in [0.3, 0.4) is 0 Å². The number of rotatable bonds is 5. The first-order valence-electron chi connectivity index (χ1n) is 9.70. The molecule has 30 heavy (non-hydrogen) atoms. The summed E-state index contributed by atoms with van der Waals surface area (Å²) in [6.45, 7) is 3.04. The smallest absolute Gasteiger partial charge is 0.293 e. The molecule has 0 bridgehead atoms. The average molecular weight is 423 g/mol. The number of piperidine rings is 1. The third kappa shape index (κ3) is 4.16. The van der Waals surface area contributed by atoms with E-state index in [2.05, 4.69) is 15.5 Å². The summed E-state index contributed by atoms with van der Waals surface area (Å²) in [6, 6.07) is 12.6. The molecule has 0 spiro atoms. The number of thiophene rings is 1. The average Bonchev–Trinajstić information content (AvgIpc) is 3.30. The van der Waals surface area contributed by atoms with E-state index in [4.69, 9.17) is 0 Å². The molecule has 8 nitrogen and oxygen atoms in total. The normalized spacial score (nSPS) is 16.3. The minimum Gasteiger partial charge on any atom is -0.354 e. The van der Waals surface area contributed by atoms with Gasteiger partial charge in [-0.15, -0.1) is 21.5 Å². The largest absolute Gasteiger partial charge is 0.354 e. The molecule has 1 aliphatic heterocycles. The molecule has 1 saturated heterocycles. The lowest BCUT2D eigenvalue weighted by molar-refractivity contribution is -0.384. The standard InChI is InChI=1S/C21H21N5O3S/c1-14-5-2-7-17(26(28)29)20(14)22-21(27)15-6-3-11-25(13-15)19-10-9-16(23-24-19)18-8-4-12-30-18/h2,4-5,7-10,12,15H,3,6,11,13H2,1H3,(H,22,27). The van der Waals surface area contributed by atoms with Crippen LogP contribution in [0.2, 0.25) is 0 Å². The van der Waals surface area contributed by atoms with Crippen LogP contribution in [-0.4, -0.2) is 34.1 Å². The number of para-hydroxylation sites is 1. The van der Waals surface area contributed by atoms with Gasteiger partial charge >= 0.3 is 0 Å². The maximum atomic E-state index is 12.9. The van der Waals surface area contributed by atoms with Crippen LogP contribution >= 0.6 is 11.3 Å². The maximum absolute atomic E-state index is 12.9. The van der Waals surface area contributed by atoms with Crippen LogP contribution in [-0.2, 0) is 4.79 Å². The predicted molar refractivity (Wildman–Crippen MR) is 117 cm³/mol. The Kier molecular flexibility index (Phi) is 5.71. The van der Waals surface area contributed by atoms with Crippen molar-refractivity contribution in [3.63, 3.8) is 0 Å². The Morgan fingerprint density at radius 2 is 2.10 bits per heavy atom. The topological polar surface area (TPSA) is 101 Å². The van der Waals surface area contributed by atoms with Crippen molar-refractivity contribution < 1.29 is 9.72 Å². The molecule has 1 aromatic carbocycles. The zero-order chi connectivity index (χ0) is 21.1. The maximum Gasteiger partial charge on any atom is 0.293 e. The highest BCUT2D eigenvalue weighted by Crippen LogP contribution is 2.30. The molecular formula is C21H21N5O3S. The van der Waals surface area contributed by atoms with Gasteiger partial charge in [0.1, 0.15) is 11.4 Å². The number of carbonyl (C=O) groups is 1. The minimum atomic E-state index is -0.472. The van der Waals surface area contributed by atoms with Gasteiger partial charge in [0, 0.05) is 19.2 Å². The molecule has 1 fully saturated rings. The van der Waals surface area contributed by atoms with Crippen molar-refractivity contribution in [1.29, 1.82) is 0 Å². The Morgan fingerprint density at radius 3 is 2.80 bits per heavy atom. The van der Waals surface area contributed by atoms with Crippen molar-refractivity contribution >= 4 is 34.4 Å². The summed E-state index contributed by atoms with van der Waals surface area (Å²) in [6.07, 6.45) is 1.56. The fourth-order valence-electron chi connectivity index (χ4n) is 3.64. The van der Waals surface area contributed by atoms with Crippen molar-refractivity contribution in [3.05, 3.63) is 63.5 Å². The van der Waals surface area contributed by atoms with Gasteiger partial charge in [-0.3, -0.25) is 14.9 Å². The number of amides is 1. The van der Waals surface area contributed by atoms with Gasteiger partial charge in [-0.05, 0) is 48.9 Å². The summed E-state index contributed by atoms with van der Waals surface area (Å²) in [5.41, 5.74) is 1.67. The quantitative estimate of drug-likeness (QED) is 0.486. The van der Waals surface area contributed by atoms with Gasteiger partial charge in [-0.2, -0.15) is 0 Å². The van der Waals surface area contributed by atoms with Crippen molar-refractivity contribution in [1.82, 2.24) is 10.2 Å². The van der Waals surface area contributed by atoms with Crippen LogP contribution in [0.25, 0.3) is 10.6 Å². The van der Waals surface area contributed by atoms with Gasteiger partial charge in [0.05, 0.1) is 15.7 Å². The first-order valence-corrected chi connectivity index (χ1v) is 10.6. The highest BCUT2D eigenvalue weighted by atomic mass is 32.1. The summed E-state index contributed by atoms with van der Waals surface area (Å²) in [5, 5.41) is 24.8. The molecule has 1 N–H and O–H groups in total. The fraction of sp³-hybridized carbons (Fsp3) is 0.286. The van der Waals surface area contributed by atoms with Gasteiger partial charge in [0.15, 0.2) is 5.82 Å². The first kappa shape index (κ1) is 20.0. The van der Waals surface area contributed by atoms with Crippen LogP contribution in [0.15, 0.2) is 47.8 Å². The van der Waals surface area contributed by atoms with Gasteiger partial charge in [-0.1, -0.05) is 18.2 Å². The van der Waals surface area contributed by atoms with Crippen LogP contribution in [0.4, 0.5) is 17.2 Å². The van der Waals surface area contributed by atoms with E-state index in [1.54, 1.807) is 30.4 Å². The molecular weight excluding hydrogens is 402 g/mol. The third-order valence-corrected chi connectivity index (χ3v) is 6.13. The number of benzene rings is 1. The molecule has 1 amide bonds. The van der Waals surface area contributed by atoms with Gasteiger partial charge < -0.3 is 10.2 Å². The van der Waals surface area contributed by atoms with Crippen molar-refractivity contribution in [2.75, 3.05) is 23.3 Å². The number of anilines is 2. The highest BCUT2D eigenvalue weighted by Gasteiger charge is 2.28. The number of aryl methyl sites for hydroxylation is 1. The SMILES string of the molecule is Cc1cccc([N+](=O)[O-])c1NC(=O)C1CCCN(c2ccc(-c3cccs3)nn2)C1. The minimum absolute atomic E-state index is 0.0916. The second-order valence-electron chi connectivity index (χ2n) is 7.25. The molecule has 154 valence electrons. The monoisotopic (exact) mass is 423 g/mol. The van der Waals surface area contributed by atoms with Crippen molar-refractivity contribution in [3.8, 4) is 10.6 Å². The second-order valence-corrected chi connectivity index (χ2v) is 8.20. The van der Waals surface area contributed by atoms with E-state index in [1.807, 2.05) is 34.5 Å². The molecule has 0 radical (unpaired) electrons. The Hall–Kier alpha value is -3.33. The molecule has 1 atom stereocenters. The number of nitrogens with one attached hydrogen (secondary N) is 1. The Morgan fingerprint density at radius 1 is 1.23 bits per heavy atom. The lowest BCUT2D eigenvalue weighted by Gasteiger charge is -2.32. The summed E-state index contributed by atoms with van der Waals surface area (Å²) in [4.78, 5) is 26.8. The van der Waals surface area contributed by atoms with Gasteiger partial charge in [0.25, 0.3) is 5.69 Å². The Labute approximate surface area is 177 Å². The molecule has 1 aliphatic rings. The molecule has 3 heterocycles. The van der Waals surface area contributed by atoms with E-state index in [-0.39, 0.29) is 23.2 Å². The predicted octanol–water partition coefficient (Wildman–Crippen LogP) is 4.28. The molecule has 9 heteroatoms. The fourth-order valence-corrected chi connectivity index (χ4v) is 4.33. The van der Waals surface area contributed by atoms with Crippen molar-refractivity contribution in [2.24, 2.45) is 5.92 Å². The van der Waals surface area contributed by atoms with Crippen LogP contribution in [0.1, 0.15) is 18.4 Å².